The van der Waals surface area contributed by atoms with Crippen molar-refractivity contribution in [2.75, 3.05) is 13.7 Å². The van der Waals surface area contributed by atoms with E-state index in [4.69, 9.17) is 5.11 Å². The van der Waals surface area contributed by atoms with Gasteiger partial charge < -0.3 is 9.84 Å². The van der Waals surface area contributed by atoms with Crippen molar-refractivity contribution in [2.24, 2.45) is 0 Å². The third-order valence-corrected chi connectivity index (χ3v) is 1.39. The molecule has 9 heavy (non-hydrogen) atoms. The molecule has 1 heterocycles. The van der Waals surface area contributed by atoms with Crippen LogP contribution in [0.3, 0.4) is 0 Å². The van der Waals surface area contributed by atoms with E-state index in [9.17, 15) is 4.79 Å². The average Bonchev–Trinajstić information content (AvgIpc) is 1.84. The van der Waals surface area contributed by atoms with Gasteiger partial charge in [-0.15, -0.1) is 0 Å². The largest absolute Gasteiger partial charge is 0.468 e. The summed E-state index contributed by atoms with van der Waals surface area (Å²) < 4.78 is 4.36. The van der Waals surface area contributed by atoms with Gasteiger partial charge in [0.05, 0.1) is 13.2 Å². The lowest BCUT2D eigenvalue weighted by Gasteiger charge is -2.31. The molecule has 0 amide bonds. The van der Waals surface area contributed by atoms with Crippen LogP contribution in [-0.2, 0) is 9.53 Å². The molecule has 1 aliphatic heterocycles. The lowest BCUT2D eigenvalue weighted by molar-refractivity contribution is -0.149. The van der Waals surface area contributed by atoms with Crippen LogP contribution in [0, 0.1) is 0 Å². The van der Waals surface area contributed by atoms with Crippen LogP contribution < -0.4 is 5.32 Å². The normalized spacial score (nSPS) is 33.1. The highest BCUT2D eigenvalue weighted by molar-refractivity contribution is 5.77. The third kappa shape index (κ3) is 1.04. The van der Waals surface area contributed by atoms with Crippen molar-refractivity contribution in [3.05, 3.63) is 0 Å². The smallest absolute Gasteiger partial charge is 0.325 e. The molecule has 2 N–H and O–H groups in total. The maximum absolute atomic E-state index is 10.6. The van der Waals surface area contributed by atoms with Crippen LogP contribution in [0.4, 0.5) is 0 Å². The van der Waals surface area contributed by atoms with Crippen molar-refractivity contribution in [1.82, 2.24) is 5.32 Å². The highest BCUT2D eigenvalue weighted by Gasteiger charge is 2.35. The number of methoxy groups -OCH3 is 1. The van der Waals surface area contributed by atoms with Gasteiger partial charge in [0.2, 0.25) is 0 Å². The Morgan fingerprint density at radius 3 is 2.67 bits per heavy atom. The van der Waals surface area contributed by atoms with Gasteiger partial charge in [-0.25, -0.2) is 0 Å². The minimum atomic E-state index is -0.558. The van der Waals surface area contributed by atoms with Gasteiger partial charge in [-0.3, -0.25) is 10.1 Å². The third-order valence-electron chi connectivity index (χ3n) is 1.39. The first-order valence-electron chi connectivity index (χ1n) is 2.75. The second-order valence-corrected chi connectivity index (χ2v) is 1.98. The molecule has 0 aromatic carbocycles. The quantitative estimate of drug-likeness (QED) is 0.425. The number of aliphatic hydroxyl groups excluding tert-OH is 1. The molecule has 0 bridgehead atoms. The topological polar surface area (TPSA) is 58.6 Å². The zero-order chi connectivity index (χ0) is 6.85. The number of β-amino-alcohol motifs (C(OH)–C–C–N with tert-alkyl or cyclic N) is 1. The predicted molar refractivity (Wildman–Crippen MR) is 29.8 cm³/mol. The summed E-state index contributed by atoms with van der Waals surface area (Å²) >= 11 is 0. The van der Waals surface area contributed by atoms with Crippen LogP contribution in [0.5, 0.6) is 0 Å². The van der Waals surface area contributed by atoms with Gasteiger partial charge in [0.1, 0.15) is 6.04 Å². The molecule has 1 saturated heterocycles. The summed E-state index contributed by atoms with van der Waals surface area (Å²) in [5.74, 6) is -0.395. The van der Waals surface area contributed by atoms with Crippen LogP contribution in [0.1, 0.15) is 0 Å². The Morgan fingerprint density at radius 1 is 1.89 bits per heavy atom. The maximum atomic E-state index is 10.6. The molecule has 2 unspecified atom stereocenters. The van der Waals surface area contributed by atoms with E-state index in [-0.39, 0.29) is 0 Å². The predicted octanol–water partition coefficient (Wildman–Crippen LogP) is -1.51. The number of aliphatic hydroxyl groups is 1. The number of ether oxygens (including phenoxy) is 1. The molecule has 0 aromatic rings. The first kappa shape index (κ1) is 6.51. The van der Waals surface area contributed by atoms with E-state index in [1.807, 2.05) is 0 Å². The van der Waals surface area contributed by atoms with E-state index in [0.29, 0.717) is 6.54 Å². The maximum Gasteiger partial charge on any atom is 0.325 e. The Kier molecular flexibility index (Phi) is 1.68. The summed E-state index contributed by atoms with van der Waals surface area (Å²) in [5, 5.41) is 11.6. The monoisotopic (exact) mass is 131 g/mol. The SMILES string of the molecule is COC(=O)C1NCC1O. The summed E-state index contributed by atoms with van der Waals surface area (Å²) in [4.78, 5) is 10.6. The molecular weight excluding hydrogens is 122 g/mol. The number of hydrogen-bond donors (Lipinski definition) is 2. The first-order valence-corrected chi connectivity index (χ1v) is 2.75. The summed E-state index contributed by atoms with van der Waals surface area (Å²) in [6.45, 7) is 0.486. The number of rotatable bonds is 1. The molecule has 0 aliphatic carbocycles. The molecule has 52 valence electrons. The Morgan fingerprint density at radius 2 is 2.56 bits per heavy atom. The van der Waals surface area contributed by atoms with E-state index in [0.717, 1.165) is 0 Å². The van der Waals surface area contributed by atoms with Gasteiger partial charge in [0, 0.05) is 6.54 Å². The fraction of sp³-hybridized carbons (Fsp3) is 0.800. The van der Waals surface area contributed by atoms with Gasteiger partial charge in [-0.2, -0.15) is 0 Å². The molecule has 2 atom stereocenters. The minimum Gasteiger partial charge on any atom is -0.468 e. The zero-order valence-electron chi connectivity index (χ0n) is 5.13. The zero-order valence-corrected chi connectivity index (χ0v) is 5.13. The first-order chi connectivity index (χ1) is 4.25. The molecular formula is C5H9NO3. The summed E-state index contributed by atoms with van der Waals surface area (Å²) in [5.41, 5.74) is 0. The van der Waals surface area contributed by atoms with Gasteiger partial charge in [-0.05, 0) is 0 Å². The Balaban J connectivity index is 2.35. The van der Waals surface area contributed by atoms with E-state index in [1.165, 1.54) is 7.11 Å². The molecule has 0 radical (unpaired) electrons. The molecule has 4 nitrogen and oxygen atoms in total. The number of carbonyl (C=O) groups is 1. The fourth-order valence-electron chi connectivity index (χ4n) is 0.708. The number of esters is 1. The lowest BCUT2D eigenvalue weighted by atomic mass is 10.0. The van der Waals surface area contributed by atoms with Gasteiger partial charge in [0.25, 0.3) is 0 Å². The van der Waals surface area contributed by atoms with Crippen molar-refractivity contribution in [2.45, 2.75) is 12.1 Å². The number of hydrogen-bond acceptors (Lipinski definition) is 4. The lowest BCUT2D eigenvalue weighted by Crippen LogP contribution is -2.61. The van der Waals surface area contributed by atoms with Gasteiger partial charge in [0.15, 0.2) is 0 Å². The molecule has 0 saturated carbocycles. The van der Waals surface area contributed by atoms with Crippen LogP contribution in [0.25, 0.3) is 0 Å². The van der Waals surface area contributed by atoms with Crippen LogP contribution in [0.15, 0.2) is 0 Å². The second-order valence-electron chi connectivity index (χ2n) is 1.98. The second kappa shape index (κ2) is 2.33. The summed E-state index contributed by atoms with van der Waals surface area (Å²) in [7, 11) is 1.30. The molecule has 1 rings (SSSR count). The van der Waals surface area contributed by atoms with E-state index in [1.54, 1.807) is 0 Å². The fourth-order valence-corrected chi connectivity index (χ4v) is 0.708. The van der Waals surface area contributed by atoms with Gasteiger partial charge >= 0.3 is 5.97 Å². The Bertz CT molecular complexity index is 125. The molecule has 1 aliphatic rings. The molecule has 0 aromatic heterocycles. The summed E-state index contributed by atoms with van der Waals surface area (Å²) in [6, 6.07) is -0.491. The van der Waals surface area contributed by atoms with E-state index < -0.39 is 18.1 Å². The van der Waals surface area contributed by atoms with Crippen molar-refractivity contribution < 1.29 is 14.6 Å². The molecule has 1 fully saturated rings. The van der Waals surface area contributed by atoms with Crippen LogP contribution in [-0.4, -0.2) is 36.9 Å². The van der Waals surface area contributed by atoms with E-state index >= 15 is 0 Å². The Labute approximate surface area is 52.8 Å². The molecule has 0 spiro atoms. The van der Waals surface area contributed by atoms with Crippen molar-refractivity contribution in [3.63, 3.8) is 0 Å². The van der Waals surface area contributed by atoms with Crippen molar-refractivity contribution in [1.29, 1.82) is 0 Å². The standard InChI is InChI=1S/C5H9NO3/c1-9-5(8)4-3(7)2-6-4/h3-4,6-7H,2H2,1H3. The molecule has 4 heteroatoms. The number of carbonyl (C=O) groups excluding carboxylic acids is 1. The highest BCUT2D eigenvalue weighted by Crippen LogP contribution is 2.04. The average molecular weight is 131 g/mol. The van der Waals surface area contributed by atoms with Crippen LogP contribution in [0.2, 0.25) is 0 Å². The van der Waals surface area contributed by atoms with Gasteiger partial charge in [-0.1, -0.05) is 0 Å². The number of nitrogens with one attached hydrogen (secondary N) is 1. The summed E-state index contributed by atoms with van der Waals surface area (Å²) in [6.07, 6.45) is -0.558. The highest BCUT2D eigenvalue weighted by atomic mass is 16.5. The van der Waals surface area contributed by atoms with Crippen LogP contribution >= 0.6 is 0 Å². The Hall–Kier alpha value is -0.610. The minimum absolute atomic E-state index is 0.395. The van der Waals surface area contributed by atoms with Crippen molar-refractivity contribution >= 4 is 5.97 Å². The van der Waals surface area contributed by atoms with E-state index in [2.05, 4.69) is 10.1 Å². The van der Waals surface area contributed by atoms with Crippen molar-refractivity contribution in [3.8, 4) is 0 Å².